The Balaban J connectivity index is 0.00000196. The minimum Gasteiger partial charge on any atom is -0.362 e. The highest BCUT2D eigenvalue weighted by molar-refractivity contribution is 5.91. The summed E-state index contributed by atoms with van der Waals surface area (Å²) in [5.41, 5.74) is 1.42. The molecule has 3 saturated carbocycles. The van der Waals surface area contributed by atoms with E-state index in [9.17, 15) is 19.8 Å². The first kappa shape index (κ1) is 20.0. The third kappa shape index (κ3) is 2.71. The van der Waals surface area contributed by atoms with Gasteiger partial charge in [-0.2, -0.15) is 0 Å². The van der Waals surface area contributed by atoms with E-state index < -0.39 is 6.29 Å². The molecule has 0 bridgehead atoms. The molecular formula is C21H31ClO4. The van der Waals surface area contributed by atoms with E-state index in [4.69, 9.17) is 0 Å². The van der Waals surface area contributed by atoms with Gasteiger partial charge in [0.1, 0.15) is 0 Å². The molecule has 4 nitrogen and oxygen atoms in total. The number of carbonyl (C=O) groups excluding carboxylic acids is 2. The number of aliphatic hydroxyl groups excluding tert-OH is 1. The number of fused-ring (bicyclic) bond motifs is 5. The molecule has 0 amide bonds. The van der Waals surface area contributed by atoms with Crippen molar-refractivity contribution in [1.82, 2.24) is 0 Å². The molecule has 6 atom stereocenters. The minimum atomic E-state index is -1.83. The fraction of sp³-hybridized carbons (Fsp3) is 0.810. The van der Waals surface area contributed by atoms with Crippen LogP contribution >= 0.6 is 12.4 Å². The van der Waals surface area contributed by atoms with E-state index in [2.05, 4.69) is 13.8 Å². The van der Waals surface area contributed by atoms with E-state index in [-0.39, 0.29) is 40.7 Å². The third-order valence-electron chi connectivity index (χ3n) is 8.56. The number of aliphatic hydroxyl groups is 2. The zero-order chi connectivity index (χ0) is 18.0. The Hall–Kier alpha value is -0.710. The van der Waals surface area contributed by atoms with Crippen molar-refractivity contribution in [2.45, 2.75) is 71.5 Å². The number of allylic oxidation sites excluding steroid dienone is 1. The molecule has 0 aliphatic heterocycles. The largest absolute Gasteiger partial charge is 0.362 e. The zero-order valence-electron chi connectivity index (χ0n) is 15.7. The highest BCUT2D eigenvalue weighted by Gasteiger charge is 2.60. The monoisotopic (exact) mass is 382 g/mol. The lowest BCUT2D eigenvalue weighted by molar-refractivity contribution is -0.156. The summed E-state index contributed by atoms with van der Waals surface area (Å²) >= 11 is 0. The smallest absolute Gasteiger partial charge is 0.213 e. The van der Waals surface area contributed by atoms with E-state index in [1.54, 1.807) is 0 Å². The molecule has 0 aromatic carbocycles. The maximum absolute atomic E-state index is 12.3. The van der Waals surface area contributed by atoms with Gasteiger partial charge in [-0.1, -0.05) is 19.4 Å². The highest BCUT2D eigenvalue weighted by atomic mass is 35.5. The van der Waals surface area contributed by atoms with Crippen molar-refractivity contribution >= 4 is 24.0 Å². The second-order valence-electron chi connectivity index (χ2n) is 9.42. The molecule has 4 rings (SSSR count). The molecule has 5 heteroatoms. The van der Waals surface area contributed by atoms with Crippen LogP contribution in [0.1, 0.15) is 65.2 Å². The van der Waals surface area contributed by atoms with Gasteiger partial charge in [0.2, 0.25) is 6.29 Å². The Labute approximate surface area is 161 Å². The van der Waals surface area contributed by atoms with E-state index in [1.807, 2.05) is 6.08 Å². The summed E-state index contributed by atoms with van der Waals surface area (Å²) in [5.74, 6) is 1.39. The second kappa shape index (κ2) is 6.72. The summed E-state index contributed by atoms with van der Waals surface area (Å²) < 4.78 is 0. The summed E-state index contributed by atoms with van der Waals surface area (Å²) in [4.78, 5) is 24.2. The molecule has 26 heavy (non-hydrogen) atoms. The first-order chi connectivity index (χ1) is 11.8. The van der Waals surface area contributed by atoms with E-state index >= 15 is 0 Å². The average Bonchev–Trinajstić information content (AvgIpc) is 2.92. The van der Waals surface area contributed by atoms with Crippen LogP contribution < -0.4 is 0 Å². The highest BCUT2D eigenvalue weighted by Crippen LogP contribution is 2.66. The van der Waals surface area contributed by atoms with Crippen molar-refractivity contribution in [3.8, 4) is 0 Å². The van der Waals surface area contributed by atoms with Crippen LogP contribution in [0.25, 0.3) is 0 Å². The zero-order valence-corrected chi connectivity index (χ0v) is 16.6. The first-order valence-corrected chi connectivity index (χ1v) is 9.91. The number of Topliss-reactive ketones (excluding diaryl/α,β-unsaturated/α-hetero) is 1. The number of carbonyl (C=O) groups is 2. The maximum atomic E-state index is 12.3. The number of rotatable bonds is 2. The quantitative estimate of drug-likeness (QED) is 0.717. The van der Waals surface area contributed by atoms with Gasteiger partial charge in [-0.25, -0.2) is 0 Å². The van der Waals surface area contributed by atoms with Crippen LogP contribution in [-0.4, -0.2) is 28.1 Å². The van der Waals surface area contributed by atoms with Crippen molar-refractivity contribution in [2.24, 2.45) is 34.5 Å². The van der Waals surface area contributed by atoms with Crippen LogP contribution in [0.5, 0.6) is 0 Å². The van der Waals surface area contributed by atoms with Crippen molar-refractivity contribution < 1.29 is 19.8 Å². The van der Waals surface area contributed by atoms with Crippen LogP contribution in [0, 0.1) is 34.5 Å². The van der Waals surface area contributed by atoms with Crippen molar-refractivity contribution in [2.75, 3.05) is 0 Å². The molecule has 0 spiro atoms. The van der Waals surface area contributed by atoms with E-state index in [1.165, 1.54) is 5.57 Å². The first-order valence-electron chi connectivity index (χ1n) is 9.91. The molecule has 0 unspecified atom stereocenters. The van der Waals surface area contributed by atoms with Gasteiger partial charge in [0, 0.05) is 12.3 Å². The molecule has 146 valence electrons. The van der Waals surface area contributed by atoms with Gasteiger partial charge in [0.05, 0.1) is 0 Å². The van der Waals surface area contributed by atoms with Crippen molar-refractivity contribution in [3.05, 3.63) is 11.6 Å². The van der Waals surface area contributed by atoms with Crippen LogP contribution in [0.4, 0.5) is 0 Å². The fourth-order valence-corrected chi connectivity index (χ4v) is 7.21. The van der Waals surface area contributed by atoms with Gasteiger partial charge >= 0.3 is 0 Å². The summed E-state index contributed by atoms with van der Waals surface area (Å²) in [6, 6.07) is 0. The van der Waals surface area contributed by atoms with Gasteiger partial charge in [-0.05, 0) is 79.6 Å². The van der Waals surface area contributed by atoms with Crippen molar-refractivity contribution in [3.63, 3.8) is 0 Å². The molecule has 4 aliphatic rings. The van der Waals surface area contributed by atoms with Gasteiger partial charge in [0.25, 0.3) is 0 Å². The molecule has 2 N–H and O–H groups in total. The average molecular weight is 383 g/mol. The lowest BCUT2D eigenvalue weighted by Crippen LogP contribution is -2.51. The Morgan fingerprint density at radius 1 is 1.08 bits per heavy atom. The molecule has 0 heterocycles. The number of halogens is 1. The minimum absolute atomic E-state index is 0. The topological polar surface area (TPSA) is 74.6 Å². The van der Waals surface area contributed by atoms with Gasteiger partial charge < -0.3 is 10.2 Å². The number of hydrogen-bond acceptors (Lipinski definition) is 4. The summed E-state index contributed by atoms with van der Waals surface area (Å²) in [7, 11) is 0. The fourth-order valence-electron chi connectivity index (χ4n) is 7.21. The lowest BCUT2D eigenvalue weighted by Gasteiger charge is -2.58. The van der Waals surface area contributed by atoms with E-state index in [0.29, 0.717) is 24.2 Å². The standard InChI is InChI=1S/C21H30O4.ClH/c1-20-9-7-13(22)11-12(20)3-4-14-15-5-6-17(18(23)19(24)25)21(15,2)10-8-16(14)20;/h11,14-17,19,24-25H,3-10H2,1-2H3;1H/t14-,15-,16-,17+,20-,21-;/m0./s1. The molecule has 3 fully saturated rings. The molecule has 4 aliphatic carbocycles. The van der Waals surface area contributed by atoms with Gasteiger partial charge in [-0.15, -0.1) is 12.4 Å². The predicted octanol–water partition coefficient (Wildman–Crippen LogP) is 3.44. The molecular weight excluding hydrogens is 352 g/mol. The molecule has 0 radical (unpaired) electrons. The summed E-state index contributed by atoms with van der Waals surface area (Å²) in [5, 5.41) is 18.8. The maximum Gasteiger partial charge on any atom is 0.213 e. The van der Waals surface area contributed by atoms with E-state index in [0.717, 1.165) is 44.9 Å². The van der Waals surface area contributed by atoms with Crippen LogP contribution in [0.15, 0.2) is 11.6 Å². The Morgan fingerprint density at radius 2 is 1.81 bits per heavy atom. The van der Waals surface area contributed by atoms with Crippen LogP contribution in [0.2, 0.25) is 0 Å². The summed E-state index contributed by atoms with van der Waals surface area (Å²) in [6.45, 7) is 4.57. The Kier molecular flexibility index (Phi) is 5.18. The number of ketones is 2. The third-order valence-corrected chi connectivity index (χ3v) is 8.56. The van der Waals surface area contributed by atoms with Gasteiger partial charge in [0.15, 0.2) is 11.6 Å². The van der Waals surface area contributed by atoms with Crippen molar-refractivity contribution in [1.29, 1.82) is 0 Å². The lowest BCUT2D eigenvalue weighted by atomic mass is 9.46. The number of hydrogen-bond donors (Lipinski definition) is 2. The molecule has 0 aromatic heterocycles. The normalized spacial score (nSPS) is 44.5. The van der Waals surface area contributed by atoms with Gasteiger partial charge in [-0.3, -0.25) is 9.59 Å². The summed E-state index contributed by atoms with van der Waals surface area (Å²) in [6.07, 6.45) is 7.75. The molecule has 0 aromatic rings. The Bertz CT molecular complexity index is 642. The Morgan fingerprint density at radius 3 is 2.50 bits per heavy atom. The predicted molar refractivity (Wildman–Crippen MR) is 101 cm³/mol. The SMILES string of the molecule is C[C@]12CC[C@H]3[C@@H](CCC4=CC(=O)CC[C@@]43C)[C@@H]1CC[C@@H]2C(=O)C(O)O.Cl. The van der Waals surface area contributed by atoms with Crippen LogP contribution in [0.3, 0.4) is 0 Å². The van der Waals surface area contributed by atoms with Crippen LogP contribution in [-0.2, 0) is 9.59 Å². The second-order valence-corrected chi connectivity index (χ2v) is 9.42. The molecule has 0 saturated heterocycles.